The second-order valence-electron chi connectivity index (χ2n) is 11.8. The van der Waals surface area contributed by atoms with E-state index in [4.69, 9.17) is 9.47 Å². The van der Waals surface area contributed by atoms with Gasteiger partial charge in [0.05, 0.1) is 19.2 Å². The van der Waals surface area contributed by atoms with E-state index in [0.29, 0.717) is 38.8 Å². The van der Waals surface area contributed by atoms with Gasteiger partial charge >= 0.3 is 12.1 Å². The monoisotopic (exact) mass is 543 g/mol. The van der Waals surface area contributed by atoms with E-state index in [0.717, 1.165) is 11.3 Å². The third kappa shape index (κ3) is 6.93. The van der Waals surface area contributed by atoms with Crippen molar-refractivity contribution >= 4 is 23.9 Å². The van der Waals surface area contributed by atoms with Gasteiger partial charge in [-0.3, -0.25) is 9.59 Å². The van der Waals surface area contributed by atoms with Gasteiger partial charge in [-0.2, -0.15) is 0 Å². The minimum atomic E-state index is -1.06. The number of nitrogens with zero attached hydrogens (tertiary/aromatic N) is 2. The normalized spacial score (nSPS) is 25.0. The van der Waals surface area contributed by atoms with Gasteiger partial charge in [-0.1, -0.05) is 18.2 Å². The molecule has 0 aliphatic carbocycles. The molecule has 3 aliphatic heterocycles. The minimum Gasteiger partial charge on any atom is -0.493 e. The lowest BCUT2D eigenvalue weighted by Crippen LogP contribution is -2.62. The highest BCUT2D eigenvalue weighted by atomic mass is 16.6. The lowest BCUT2D eigenvalue weighted by Gasteiger charge is -2.39. The maximum atomic E-state index is 14.0. The van der Waals surface area contributed by atoms with Gasteiger partial charge in [0.1, 0.15) is 23.4 Å². The van der Waals surface area contributed by atoms with Gasteiger partial charge < -0.3 is 35.2 Å². The maximum absolute atomic E-state index is 14.0. The smallest absolute Gasteiger partial charge is 0.408 e. The molecule has 0 spiro atoms. The van der Waals surface area contributed by atoms with Gasteiger partial charge in [0.2, 0.25) is 11.8 Å². The zero-order valence-electron chi connectivity index (χ0n) is 23.5. The summed E-state index contributed by atoms with van der Waals surface area (Å²) in [6.07, 6.45) is 1.56. The Bertz CT molecular complexity index is 1090. The van der Waals surface area contributed by atoms with Crippen LogP contribution in [0.3, 0.4) is 0 Å². The number of alkyl carbamates (subject to hydrolysis) is 1. The predicted molar refractivity (Wildman–Crippen MR) is 144 cm³/mol. The highest BCUT2D eigenvalue weighted by Crippen LogP contribution is 2.34. The van der Waals surface area contributed by atoms with Gasteiger partial charge in [-0.25, -0.2) is 9.59 Å². The van der Waals surface area contributed by atoms with Crippen LogP contribution < -0.4 is 20.7 Å². The Morgan fingerprint density at radius 2 is 1.77 bits per heavy atom. The molecular weight excluding hydrogens is 502 g/mol. The van der Waals surface area contributed by atoms with E-state index in [-0.39, 0.29) is 36.6 Å². The first-order chi connectivity index (χ1) is 18.4. The number of carbonyl (C=O) groups is 4. The second-order valence-corrected chi connectivity index (χ2v) is 11.8. The Balaban J connectivity index is 1.54. The number of rotatable bonds is 4. The first-order valence-electron chi connectivity index (χ1n) is 13.8. The molecule has 2 fully saturated rings. The van der Waals surface area contributed by atoms with Gasteiger partial charge in [-0.15, -0.1) is 0 Å². The van der Waals surface area contributed by atoms with E-state index < -0.39 is 29.7 Å². The summed E-state index contributed by atoms with van der Waals surface area (Å²) in [6, 6.07) is 5.08. The van der Waals surface area contributed by atoms with E-state index in [1.165, 1.54) is 0 Å². The molecular formula is C28H41N5O6. The number of hydrogen-bond acceptors (Lipinski definition) is 6. The number of carbonyl (C=O) groups excluding carboxylic acids is 4. The molecule has 11 heteroatoms. The van der Waals surface area contributed by atoms with Crippen LogP contribution in [-0.4, -0.2) is 83.2 Å². The molecule has 0 saturated carbocycles. The predicted octanol–water partition coefficient (Wildman–Crippen LogP) is 2.70. The molecule has 1 aromatic rings. The molecule has 5 amide bonds. The summed E-state index contributed by atoms with van der Waals surface area (Å²) >= 11 is 0. The highest BCUT2D eigenvalue weighted by Gasteiger charge is 2.46. The fraction of sp³-hybridized carbons (Fsp3) is 0.643. The molecule has 0 radical (unpaired) electrons. The van der Waals surface area contributed by atoms with Gasteiger partial charge in [0.25, 0.3) is 0 Å². The van der Waals surface area contributed by atoms with Gasteiger partial charge in [-0.05, 0) is 59.9 Å². The molecule has 1 aromatic carbocycles. The topological polar surface area (TPSA) is 129 Å². The number of ether oxygens (including phenoxy) is 2. The first-order valence-corrected chi connectivity index (χ1v) is 13.8. The molecule has 0 aromatic heterocycles. The lowest BCUT2D eigenvalue weighted by molar-refractivity contribution is -0.143. The Morgan fingerprint density at radius 3 is 2.49 bits per heavy atom. The number of urea groups is 1. The lowest BCUT2D eigenvalue weighted by atomic mass is 10.00. The molecule has 39 heavy (non-hydrogen) atoms. The highest BCUT2D eigenvalue weighted by molar-refractivity contribution is 5.93. The third-order valence-electron chi connectivity index (χ3n) is 7.16. The van der Waals surface area contributed by atoms with Crippen LogP contribution in [0, 0.1) is 0 Å². The number of benzene rings is 1. The van der Waals surface area contributed by atoms with E-state index in [1.54, 1.807) is 30.6 Å². The summed E-state index contributed by atoms with van der Waals surface area (Å²) in [7, 11) is 0. The fourth-order valence-corrected chi connectivity index (χ4v) is 5.47. The Hall–Kier alpha value is -3.50. The number of nitrogens with one attached hydrogen (secondary N) is 3. The number of fused-ring (bicyclic) bond motifs is 2. The largest absolute Gasteiger partial charge is 0.493 e. The van der Waals surface area contributed by atoms with Crippen LogP contribution in [0.4, 0.5) is 9.59 Å². The van der Waals surface area contributed by atoms with E-state index in [9.17, 15) is 19.2 Å². The molecule has 214 valence electrons. The summed E-state index contributed by atoms with van der Waals surface area (Å²) in [5, 5.41) is 8.69. The SMILES string of the molecule is CC(C)NC(=O)N1CC[C@H]2CC[C@@H](C(=O)N[C@@H]3CCOc4ccccc43)N2C(=O)[C@@H](NC(=O)OC(C)(C)C)C1. The third-order valence-corrected chi connectivity index (χ3v) is 7.16. The standard InChI is InChI=1S/C28H41N5O6/c1-17(2)29-26(36)32-14-12-18-10-11-22(24(34)30-20-13-15-38-23-9-7-6-8-19(20)23)33(18)25(35)21(16-32)31-27(37)39-28(3,4)5/h6-9,17-18,20-22H,10-16H2,1-5H3,(H,29,36)(H,30,34)(H,31,37)/t18-,20-,21+,22+/m1/s1. The van der Waals surface area contributed by atoms with Crippen molar-refractivity contribution < 1.29 is 28.7 Å². The quantitative estimate of drug-likeness (QED) is 0.536. The average molecular weight is 544 g/mol. The van der Waals surface area contributed by atoms with E-state index in [2.05, 4.69) is 16.0 Å². The van der Waals surface area contributed by atoms with Crippen molar-refractivity contribution in [3.8, 4) is 5.75 Å². The van der Waals surface area contributed by atoms with Crippen LogP contribution in [0.1, 0.15) is 71.9 Å². The van der Waals surface area contributed by atoms with Crippen LogP contribution in [0.15, 0.2) is 24.3 Å². The Kier molecular flexibility index (Phi) is 8.56. The summed E-state index contributed by atoms with van der Waals surface area (Å²) in [5.41, 5.74) is 0.157. The van der Waals surface area contributed by atoms with Crippen molar-refractivity contribution in [1.29, 1.82) is 0 Å². The zero-order chi connectivity index (χ0) is 28.3. The van der Waals surface area contributed by atoms with Crippen molar-refractivity contribution in [3.05, 3.63) is 29.8 Å². The van der Waals surface area contributed by atoms with Crippen molar-refractivity contribution in [1.82, 2.24) is 25.8 Å². The number of amides is 5. The molecule has 2 saturated heterocycles. The van der Waals surface area contributed by atoms with Crippen LogP contribution in [0.5, 0.6) is 5.75 Å². The fourth-order valence-electron chi connectivity index (χ4n) is 5.47. The van der Waals surface area contributed by atoms with Crippen molar-refractivity contribution in [2.24, 2.45) is 0 Å². The summed E-state index contributed by atoms with van der Waals surface area (Å²) < 4.78 is 11.1. The molecule has 0 bridgehead atoms. The molecule has 4 atom stereocenters. The Labute approximate surface area is 229 Å². The van der Waals surface area contributed by atoms with Crippen molar-refractivity contribution in [2.45, 2.75) is 96.1 Å². The van der Waals surface area contributed by atoms with Gasteiger partial charge in [0, 0.05) is 30.6 Å². The number of hydrogen-bond donors (Lipinski definition) is 3. The molecule has 11 nitrogen and oxygen atoms in total. The molecule has 4 rings (SSSR count). The zero-order valence-corrected chi connectivity index (χ0v) is 23.5. The maximum Gasteiger partial charge on any atom is 0.408 e. The van der Waals surface area contributed by atoms with Crippen LogP contribution in [0.25, 0.3) is 0 Å². The molecule has 0 unspecified atom stereocenters. The molecule has 3 aliphatic rings. The van der Waals surface area contributed by atoms with Crippen LogP contribution >= 0.6 is 0 Å². The molecule has 3 N–H and O–H groups in total. The Morgan fingerprint density at radius 1 is 1.03 bits per heavy atom. The average Bonchev–Trinajstić information content (AvgIpc) is 3.26. The summed E-state index contributed by atoms with van der Waals surface area (Å²) in [4.78, 5) is 56.4. The summed E-state index contributed by atoms with van der Waals surface area (Å²) in [6.45, 7) is 9.79. The second kappa shape index (κ2) is 11.7. The van der Waals surface area contributed by atoms with Crippen molar-refractivity contribution in [2.75, 3.05) is 19.7 Å². The molecule has 3 heterocycles. The van der Waals surface area contributed by atoms with Crippen LogP contribution in [-0.2, 0) is 14.3 Å². The van der Waals surface area contributed by atoms with Crippen molar-refractivity contribution in [3.63, 3.8) is 0 Å². The van der Waals surface area contributed by atoms with Crippen LogP contribution in [0.2, 0.25) is 0 Å². The van der Waals surface area contributed by atoms with Gasteiger partial charge in [0.15, 0.2) is 0 Å². The first kappa shape index (κ1) is 28.5. The van der Waals surface area contributed by atoms with E-state index in [1.807, 2.05) is 38.1 Å². The number of para-hydroxylation sites is 1. The minimum absolute atomic E-state index is 0.0263. The summed E-state index contributed by atoms with van der Waals surface area (Å²) in [5.74, 6) is 0.138. The van der Waals surface area contributed by atoms with E-state index >= 15 is 0 Å².